The average molecular weight is 688 g/mol. The number of benzene rings is 2. The number of rotatable bonds is 4. The first-order chi connectivity index (χ1) is 15.8. The van der Waals surface area contributed by atoms with Crippen molar-refractivity contribution in [3.8, 4) is 0 Å². The van der Waals surface area contributed by atoms with E-state index in [2.05, 4.69) is 102 Å². The Balaban J connectivity index is 0.000000655. The first kappa shape index (κ1) is 30.3. The van der Waals surface area contributed by atoms with E-state index >= 15 is 0 Å². The van der Waals surface area contributed by atoms with Crippen molar-refractivity contribution >= 4 is 20.7 Å². The first-order valence-corrected chi connectivity index (χ1v) is 18.2. The fourth-order valence-corrected chi connectivity index (χ4v) is 11.0. The molecule has 4 heteroatoms. The van der Waals surface area contributed by atoms with Crippen LogP contribution in [0.3, 0.4) is 0 Å². The van der Waals surface area contributed by atoms with Crippen LogP contribution in [0.5, 0.6) is 0 Å². The summed E-state index contributed by atoms with van der Waals surface area (Å²) in [5.41, 5.74) is 11.5. The van der Waals surface area contributed by atoms with E-state index in [9.17, 15) is 0 Å². The minimum absolute atomic E-state index is 0. The van der Waals surface area contributed by atoms with Gasteiger partial charge in [-0.05, 0) is 0 Å². The van der Waals surface area contributed by atoms with Crippen LogP contribution in [0, 0.1) is 25.7 Å². The molecule has 1 fully saturated rings. The summed E-state index contributed by atoms with van der Waals surface area (Å²) in [5.74, 6) is 1.17. The Kier molecular flexibility index (Phi) is 11.7. The Morgan fingerprint density at radius 2 is 1.06 bits per heavy atom. The van der Waals surface area contributed by atoms with Crippen LogP contribution < -0.4 is 24.8 Å². The summed E-state index contributed by atoms with van der Waals surface area (Å²) in [5, 5.41) is 0. The largest absolute Gasteiger partial charge is 1.00 e. The van der Waals surface area contributed by atoms with Gasteiger partial charge in [-0.25, -0.2) is 0 Å². The Morgan fingerprint density at radius 3 is 1.37 bits per heavy atom. The first-order valence-electron chi connectivity index (χ1n) is 12.6. The second kappa shape index (κ2) is 13.6. The molecule has 2 unspecified atom stereocenters. The van der Waals surface area contributed by atoms with Gasteiger partial charge in [-0.2, -0.15) is 0 Å². The molecule has 2 atom stereocenters. The summed E-state index contributed by atoms with van der Waals surface area (Å²) in [6, 6.07) is 21.2. The molecule has 1 heterocycles. The number of allylic oxidation sites excluding steroid dienone is 8. The molecule has 0 radical (unpaired) electrons. The number of halogens is 2. The van der Waals surface area contributed by atoms with Crippen molar-refractivity contribution in [1.29, 1.82) is 0 Å². The van der Waals surface area contributed by atoms with E-state index in [0.717, 1.165) is 0 Å². The van der Waals surface area contributed by atoms with Crippen molar-refractivity contribution in [3.05, 3.63) is 101 Å². The molecular weight excluding hydrogens is 650 g/mol. The maximum absolute atomic E-state index is 2.51. The van der Waals surface area contributed by atoms with Crippen molar-refractivity contribution in [2.75, 3.05) is 0 Å². The van der Waals surface area contributed by atoms with E-state index < -0.39 is 22.9 Å². The molecule has 2 aromatic carbocycles. The molecule has 1 saturated heterocycles. The van der Waals surface area contributed by atoms with Crippen LogP contribution in [0.15, 0.2) is 78.5 Å². The van der Waals surface area contributed by atoms with Gasteiger partial charge in [0.15, 0.2) is 0 Å². The van der Waals surface area contributed by atoms with Gasteiger partial charge in [-0.3, -0.25) is 0 Å². The maximum atomic E-state index is 2.51. The predicted molar refractivity (Wildman–Crippen MR) is 145 cm³/mol. The SMILES string of the molecule is C1C[SiH2]C1.CC1=[C]([Hf+2][C]2=C(C)C(c3cccc(C)c3)=CC2C)C(C)C=C1c1cccc(C)c1.[Cl-].[Cl-]. The Labute approximate surface area is 239 Å². The zero-order valence-corrected chi connectivity index (χ0v) is 28.5. The van der Waals surface area contributed by atoms with Crippen LogP contribution in [0.1, 0.15) is 56.4 Å². The van der Waals surface area contributed by atoms with E-state index in [4.69, 9.17) is 0 Å². The number of hydrogen-bond acceptors (Lipinski definition) is 0. The van der Waals surface area contributed by atoms with Gasteiger partial charge in [-0.1, -0.05) is 18.5 Å². The molecule has 0 saturated carbocycles. The summed E-state index contributed by atoms with van der Waals surface area (Å²) in [7, 11) is 0.605. The fraction of sp³-hybridized carbons (Fsp3) is 0.355. The maximum Gasteiger partial charge on any atom is -1.00 e. The van der Waals surface area contributed by atoms with Gasteiger partial charge in [0, 0.05) is 9.52 Å². The summed E-state index contributed by atoms with van der Waals surface area (Å²) < 4.78 is 3.56. The van der Waals surface area contributed by atoms with Gasteiger partial charge in [0.1, 0.15) is 0 Å². The van der Waals surface area contributed by atoms with E-state index in [1.54, 1.807) is 36.3 Å². The Hall–Kier alpha value is -0.933. The van der Waals surface area contributed by atoms with Gasteiger partial charge in [-0.15, -0.1) is 0 Å². The summed E-state index contributed by atoms with van der Waals surface area (Å²) in [6.07, 6.45) is 6.58. The van der Waals surface area contributed by atoms with E-state index in [0.29, 0.717) is 21.4 Å². The third-order valence-electron chi connectivity index (χ3n) is 7.29. The standard InChI is InChI=1S/2C14H15.C3H8Si.2ClH.Hf/c2*1-10-5-4-6-13(8-10)14-9-11(2)7-12(14)3;1-2-4-3-1;;;/h2*4-6,8-9,11H,1-3H3;1-4H2;2*1H;/q;;;;;+2/p-2. The molecule has 2 aromatic rings. The number of aryl methyl sites for hydroxylation is 2. The summed E-state index contributed by atoms with van der Waals surface area (Å²) in [4.78, 5) is 0. The van der Waals surface area contributed by atoms with Gasteiger partial charge in [0.2, 0.25) is 0 Å². The van der Waals surface area contributed by atoms with Crippen LogP contribution in [-0.4, -0.2) is 9.52 Å². The Bertz CT molecular complexity index is 1080. The zero-order chi connectivity index (χ0) is 23.5. The molecule has 5 rings (SSSR count). The van der Waals surface area contributed by atoms with Crippen molar-refractivity contribution in [3.63, 3.8) is 0 Å². The molecule has 2 aliphatic carbocycles. The van der Waals surface area contributed by atoms with Crippen molar-refractivity contribution < 1.29 is 47.7 Å². The normalized spacial score (nSPS) is 20.5. The van der Waals surface area contributed by atoms with Crippen LogP contribution in [0.2, 0.25) is 12.1 Å². The molecule has 0 amide bonds. The van der Waals surface area contributed by atoms with E-state index in [1.165, 1.54) is 33.4 Å². The third-order valence-corrected chi connectivity index (χ3v) is 17.2. The molecule has 0 nitrogen and oxygen atoms in total. The monoisotopic (exact) mass is 688 g/mol. The second-order valence-electron chi connectivity index (χ2n) is 10.1. The quantitative estimate of drug-likeness (QED) is 0.433. The molecule has 1 aliphatic heterocycles. The van der Waals surface area contributed by atoms with Crippen LogP contribution >= 0.6 is 0 Å². The van der Waals surface area contributed by atoms with Crippen LogP contribution in [-0.2, 0) is 22.9 Å². The molecular formula is C31H38Cl2HfSi. The zero-order valence-electron chi connectivity index (χ0n) is 22.0. The molecule has 35 heavy (non-hydrogen) atoms. The molecule has 3 aliphatic rings. The summed E-state index contributed by atoms with van der Waals surface area (Å²) in [6.45, 7) is 13.9. The van der Waals surface area contributed by atoms with Gasteiger partial charge >= 0.3 is 188 Å². The molecule has 0 bridgehead atoms. The van der Waals surface area contributed by atoms with Crippen LogP contribution in [0.4, 0.5) is 0 Å². The van der Waals surface area contributed by atoms with Crippen molar-refractivity contribution in [1.82, 2.24) is 0 Å². The molecule has 0 aromatic heterocycles. The fourth-order valence-electron chi connectivity index (χ4n) is 4.95. The van der Waals surface area contributed by atoms with Crippen molar-refractivity contribution in [2.24, 2.45) is 11.8 Å². The van der Waals surface area contributed by atoms with E-state index in [1.807, 2.05) is 0 Å². The predicted octanol–water partition coefficient (Wildman–Crippen LogP) is 2.10. The Morgan fingerprint density at radius 1 is 0.686 bits per heavy atom. The number of hydrogen-bond donors (Lipinski definition) is 0. The minimum atomic E-state index is -1.08. The summed E-state index contributed by atoms with van der Waals surface area (Å²) >= 11 is -1.08. The van der Waals surface area contributed by atoms with E-state index in [-0.39, 0.29) is 24.8 Å². The van der Waals surface area contributed by atoms with Gasteiger partial charge in [0.05, 0.1) is 0 Å². The topological polar surface area (TPSA) is 0 Å². The van der Waals surface area contributed by atoms with Gasteiger partial charge < -0.3 is 24.8 Å². The second-order valence-corrected chi connectivity index (χ2v) is 17.0. The van der Waals surface area contributed by atoms with Gasteiger partial charge in [0.25, 0.3) is 0 Å². The smallest absolute Gasteiger partial charge is 1.00 e. The molecule has 0 N–H and O–H groups in total. The molecule has 184 valence electrons. The minimum Gasteiger partial charge on any atom is -1.00 e. The average Bonchev–Trinajstić information content (AvgIpc) is 3.17. The van der Waals surface area contributed by atoms with Crippen LogP contribution in [0.25, 0.3) is 11.1 Å². The van der Waals surface area contributed by atoms with Crippen molar-refractivity contribution in [2.45, 2.75) is 60.1 Å². The molecule has 0 spiro atoms. The third kappa shape index (κ3) is 7.10.